The largest absolute Gasteiger partial charge is 0.544 e. The third-order valence-electron chi connectivity index (χ3n) is 7.72. The van der Waals surface area contributed by atoms with E-state index in [-0.39, 0.29) is 10.9 Å². The van der Waals surface area contributed by atoms with Crippen LogP contribution in [0.15, 0.2) is 0 Å². The molecule has 0 aromatic carbocycles. The Morgan fingerprint density at radius 3 is 1.29 bits per heavy atom. The third-order valence-corrected chi connectivity index (χ3v) is 7.72. The molecule has 1 atom stereocenters. The number of hydrogen-bond donors (Lipinski definition) is 2. The zero-order chi connectivity index (χ0) is 26.6. The van der Waals surface area contributed by atoms with Crippen molar-refractivity contribution < 1.29 is 24.0 Å². The summed E-state index contributed by atoms with van der Waals surface area (Å²) in [5, 5.41) is 17.8. The van der Waals surface area contributed by atoms with Gasteiger partial charge in [-0.25, -0.2) is 0 Å². The van der Waals surface area contributed by atoms with Crippen molar-refractivity contribution in [2.45, 2.75) is 141 Å². The molecule has 2 N–H and O–H groups in total. The second-order valence-electron chi connectivity index (χ2n) is 11.0. The molecule has 7 heteroatoms. The zero-order valence-electron chi connectivity index (χ0n) is 23.5. The lowest BCUT2D eigenvalue weighted by Gasteiger charge is -2.56. The van der Waals surface area contributed by atoms with Crippen LogP contribution in [-0.4, -0.2) is 55.6 Å². The summed E-state index contributed by atoms with van der Waals surface area (Å²) in [7, 11) is 5.31. The van der Waals surface area contributed by atoms with Gasteiger partial charge in [-0.3, -0.25) is 9.59 Å². The van der Waals surface area contributed by atoms with Gasteiger partial charge in [0.15, 0.2) is 11.2 Å². The molecule has 0 aromatic rings. The lowest BCUT2D eigenvalue weighted by Crippen LogP contribution is -2.84. The first-order valence-electron chi connectivity index (χ1n) is 14.1. The van der Waals surface area contributed by atoms with Gasteiger partial charge in [-0.2, -0.15) is 0 Å². The normalized spacial score (nSPS) is 13.7. The van der Waals surface area contributed by atoms with Crippen LogP contribution in [0.1, 0.15) is 129 Å². The zero-order valence-corrected chi connectivity index (χ0v) is 23.5. The molecule has 1 unspecified atom stereocenters. The Morgan fingerprint density at radius 1 is 0.686 bits per heavy atom. The highest BCUT2D eigenvalue weighted by Crippen LogP contribution is 2.37. The van der Waals surface area contributed by atoms with E-state index >= 15 is 0 Å². The van der Waals surface area contributed by atoms with E-state index in [0.717, 1.165) is 19.3 Å². The Kier molecular flexibility index (Phi) is 17.7. The van der Waals surface area contributed by atoms with Gasteiger partial charge < -0.3 is 25.0 Å². The molecule has 0 heterocycles. The number of aliphatic carboxylic acids is 1. The molecule has 0 rings (SSSR count). The van der Waals surface area contributed by atoms with Crippen LogP contribution in [0, 0.1) is 0 Å². The molecule has 0 bridgehead atoms. The molecule has 35 heavy (non-hydrogen) atoms. The maximum atomic E-state index is 12.6. The maximum absolute atomic E-state index is 12.6. The Bertz CT molecular complexity index is 567. The Labute approximate surface area is 215 Å². The summed E-state index contributed by atoms with van der Waals surface area (Å²) in [5.41, 5.74) is -2.93. The predicted octanol–water partition coefficient (Wildman–Crippen LogP) is 4.43. The van der Waals surface area contributed by atoms with Gasteiger partial charge in [-0.1, -0.05) is 110 Å². The van der Waals surface area contributed by atoms with Gasteiger partial charge in [0.1, 0.15) is 5.97 Å². The molecular weight excluding hydrogens is 442 g/mol. The van der Waals surface area contributed by atoms with Gasteiger partial charge in [0.2, 0.25) is 12.8 Å². The summed E-state index contributed by atoms with van der Waals surface area (Å²) in [4.78, 5) is 35.3. The van der Waals surface area contributed by atoms with Gasteiger partial charge in [-0.15, -0.1) is 0 Å². The van der Waals surface area contributed by atoms with Crippen LogP contribution in [-0.2, 0) is 14.4 Å². The van der Waals surface area contributed by atoms with E-state index in [4.69, 9.17) is 0 Å². The number of rotatable bonds is 25. The van der Waals surface area contributed by atoms with E-state index in [2.05, 4.69) is 17.6 Å². The summed E-state index contributed by atoms with van der Waals surface area (Å²) in [6.07, 6.45) is 21.4. The molecule has 0 saturated carbocycles. The van der Waals surface area contributed by atoms with Crippen LogP contribution in [0.25, 0.3) is 0 Å². The molecule has 0 fully saturated rings. The number of carboxylic acids is 1. The quantitative estimate of drug-likeness (QED) is 0.0843. The molecule has 206 valence electrons. The van der Waals surface area contributed by atoms with Crippen molar-refractivity contribution in [3.05, 3.63) is 0 Å². The molecule has 2 amide bonds. The fourth-order valence-electron chi connectivity index (χ4n) is 5.58. The molecule has 0 radical (unpaired) electrons. The number of carboxylic acid groups (broad SMARTS) is 1. The van der Waals surface area contributed by atoms with E-state index in [9.17, 15) is 19.5 Å². The summed E-state index contributed by atoms with van der Waals surface area (Å²) in [6, 6.07) is 0. The van der Waals surface area contributed by atoms with E-state index < -0.39 is 17.2 Å². The van der Waals surface area contributed by atoms with Crippen LogP contribution in [0.3, 0.4) is 0 Å². The second kappa shape index (κ2) is 18.6. The maximum Gasteiger partial charge on any atom is 0.209 e. The topological polar surface area (TPSA) is 98.3 Å². The van der Waals surface area contributed by atoms with Gasteiger partial charge in [-0.05, 0) is 12.8 Å². The number of quaternary nitrogens is 1. The first-order valence-corrected chi connectivity index (χ1v) is 14.1. The summed E-state index contributed by atoms with van der Waals surface area (Å²) < 4.78 is 0.0175. The molecule has 0 aliphatic rings. The molecule has 0 saturated heterocycles. The SMILES string of the molecule is CCCCCCCCCCCCCCCCCCC(C(=O)[O-])(C(CC)(NC=O)NC=O)[N+](C)(C)C. The van der Waals surface area contributed by atoms with Gasteiger partial charge in [0.25, 0.3) is 0 Å². The minimum atomic E-state index is -1.50. The van der Waals surface area contributed by atoms with Crippen LogP contribution < -0.4 is 15.7 Å². The number of nitrogens with one attached hydrogen (secondary N) is 2. The minimum absolute atomic E-state index is 0.0175. The Balaban J connectivity index is 4.44. The molecule has 7 nitrogen and oxygen atoms in total. The fraction of sp³-hybridized carbons (Fsp3) is 0.893. The standard InChI is InChI=1S/C28H55N3O4/c1-6-8-9-10-11-12-13-14-15-16-17-18-19-20-21-22-23-27(26(34)35,31(3,4)5)28(7-2,29-24-32)30-25-33/h24-25H,6-23H2,1-5H3,(H2-,29,30,32,33,34,35). The van der Waals surface area contributed by atoms with E-state index in [1.165, 1.54) is 77.0 Å². The van der Waals surface area contributed by atoms with Crippen molar-refractivity contribution in [1.82, 2.24) is 10.6 Å². The number of unbranched alkanes of at least 4 members (excludes halogenated alkanes) is 15. The van der Waals surface area contributed by atoms with Gasteiger partial charge in [0, 0.05) is 6.42 Å². The van der Waals surface area contributed by atoms with Crippen molar-refractivity contribution in [2.24, 2.45) is 0 Å². The van der Waals surface area contributed by atoms with Crippen molar-refractivity contribution in [1.29, 1.82) is 0 Å². The van der Waals surface area contributed by atoms with Crippen LogP contribution in [0.5, 0.6) is 0 Å². The fourth-order valence-corrected chi connectivity index (χ4v) is 5.58. The number of carbonyl (C=O) groups is 3. The summed E-state index contributed by atoms with van der Waals surface area (Å²) in [5.74, 6) is -1.27. The Hall–Kier alpha value is -1.63. The van der Waals surface area contributed by atoms with Crippen molar-refractivity contribution in [2.75, 3.05) is 21.1 Å². The lowest BCUT2D eigenvalue weighted by molar-refractivity contribution is -0.922. The first-order chi connectivity index (χ1) is 16.7. The number of amides is 2. The van der Waals surface area contributed by atoms with E-state index in [1.807, 2.05) is 0 Å². The van der Waals surface area contributed by atoms with E-state index in [0.29, 0.717) is 25.7 Å². The highest BCUT2D eigenvalue weighted by molar-refractivity contribution is 5.79. The highest BCUT2D eigenvalue weighted by Gasteiger charge is 2.60. The highest BCUT2D eigenvalue weighted by atomic mass is 16.4. The van der Waals surface area contributed by atoms with Gasteiger partial charge in [0.05, 0.1) is 21.1 Å². The number of hydrogen-bond acceptors (Lipinski definition) is 4. The van der Waals surface area contributed by atoms with Gasteiger partial charge >= 0.3 is 0 Å². The van der Waals surface area contributed by atoms with Crippen LogP contribution in [0.2, 0.25) is 0 Å². The molecule has 0 spiro atoms. The first kappa shape index (κ1) is 33.4. The van der Waals surface area contributed by atoms with Crippen molar-refractivity contribution >= 4 is 18.8 Å². The molecule has 0 aromatic heterocycles. The monoisotopic (exact) mass is 497 g/mol. The van der Waals surface area contributed by atoms with Crippen LogP contribution >= 0.6 is 0 Å². The van der Waals surface area contributed by atoms with Crippen molar-refractivity contribution in [3.63, 3.8) is 0 Å². The Morgan fingerprint density at radius 2 is 1.03 bits per heavy atom. The predicted molar refractivity (Wildman–Crippen MR) is 141 cm³/mol. The number of carbonyl (C=O) groups excluding carboxylic acids is 3. The minimum Gasteiger partial charge on any atom is -0.544 e. The lowest BCUT2D eigenvalue weighted by atomic mass is 9.74. The second-order valence-corrected chi connectivity index (χ2v) is 11.0. The number of nitrogens with zero attached hydrogens (tertiary/aromatic N) is 1. The van der Waals surface area contributed by atoms with E-state index in [1.54, 1.807) is 28.1 Å². The van der Waals surface area contributed by atoms with Crippen LogP contribution in [0.4, 0.5) is 0 Å². The molecule has 0 aliphatic heterocycles. The molecule has 0 aliphatic carbocycles. The average Bonchev–Trinajstić information content (AvgIpc) is 2.80. The smallest absolute Gasteiger partial charge is 0.209 e. The number of likely N-dealkylation sites (N-methyl/N-ethyl adjacent to an activating group) is 1. The average molecular weight is 498 g/mol. The molecular formula is C28H55N3O4. The van der Waals surface area contributed by atoms with Crippen molar-refractivity contribution in [3.8, 4) is 0 Å². The summed E-state index contributed by atoms with van der Waals surface area (Å²) >= 11 is 0. The third kappa shape index (κ3) is 10.9. The summed E-state index contributed by atoms with van der Waals surface area (Å²) in [6.45, 7) is 4.02.